The van der Waals surface area contributed by atoms with Gasteiger partial charge in [0.05, 0.1) is 33.0 Å². The molecule has 1 atom stereocenters. The average molecular weight is 442 g/mol. The van der Waals surface area contributed by atoms with Crippen LogP contribution in [0.1, 0.15) is 19.4 Å². The molecule has 9 nitrogen and oxygen atoms in total. The summed E-state index contributed by atoms with van der Waals surface area (Å²) < 4.78 is 26.6. The van der Waals surface area contributed by atoms with Gasteiger partial charge in [-0.1, -0.05) is 0 Å². The fourth-order valence-corrected chi connectivity index (χ4v) is 3.63. The summed E-state index contributed by atoms with van der Waals surface area (Å²) in [5, 5.41) is 9.87. The standard InChI is InChI=1S/C20H27NO8S/c1-14(22)29-17-12-15(28-11-10-27-9-8-26-7-6-25-3)4-5-16(17)18-21-20(2,13-30-18)19(23)24/h4-5,12H,6-11,13H2,1-3H3,(H,23,24)/t20-/m1/s1. The summed E-state index contributed by atoms with van der Waals surface area (Å²) in [6, 6.07) is 5.01. The Morgan fingerprint density at radius 1 is 1.13 bits per heavy atom. The zero-order valence-electron chi connectivity index (χ0n) is 17.3. The minimum atomic E-state index is -1.20. The number of esters is 1. The molecule has 30 heavy (non-hydrogen) atoms. The fourth-order valence-electron chi connectivity index (χ4n) is 2.44. The number of methoxy groups -OCH3 is 1. The van der Waals surface area contributed by atoms with Crippen molar-refractivity contribution in [3.8, 4) is 11.5 Å². The Labute approximate surface area is 179 Å². The summed E-state index contributed by atoms with van der Waals surface area (Å²) in [7, 11) is 1.61. The Bertz CT molecular complexity index is 769. The van der Waals surface area contributed by atoms with E-state index in [9.17, 15) is 14.7 Å². The molecule has 10 heteroatoms. The number of aliphatic carboxylic acids is 1. The van der Waals surface area contributed by atoms with Crippen LogP contribution >= 0.6 is 11.8 Å². The predicted molar refractivity (Wildman–Crippen MR) is 112 cm³/mol. The largest absolute Gasteiger partial charge is 0.491 e. The Balaban J connectivity index is 1.93. The zero-order valence-corrected chi connectivity index (χ0v) is 18.2. The van der Waals surface area contributed by atoms with Crippen molar-refractivity contribution in [2.75, 3.05) is 52.5 Å². The van der Waals surface area contributed by atoms with Gasteiger partial charge in [-0.05, 0) is 19.1 Å². The maximum atomic E-state index is 11.5. The highest BCUT2D eigenvalue weighted by Crippen LogP contribution is 2.36. The third-order valence-corrected chi connectivity index (χ3v) is 5.33. The van der Waals surface area contributed by atoms with Gasteiger partial charge in [-0.3, -0.25) is 9.79 Å². The Morgan fingerprint density at radius 3 is 2.40 bits per heavy atom. The summed E-state index contributed by atoms with van der Waals surface area (Å²) in [6.45, 7) is 5.53. The van der Waals surface area contributed by atoms with E-state index in [1.54, 1.807) is 32.2 Å². The second kappa shape index (κ2) is 11.9. The van der Waals surface area contributed by atoms with E-state index in [2.05, 4.69) is 4.99 Å². The number of nitrogens with zero attached hydrogens (tertiary/aromatic N) is 1. The smallest absolute Gasteiger partial charge is 0.332 e. The Kier molecular flexibility index (Phi) is 9.57. The molecule has 1 aliphatic heterocycles. The van der Waals surface area contributed by atoms with Gasteiger partial charge in [0.2, 0.25) is 0 Å². The fraction of sp³-hybridized carbons (Fsp3) is 0.550. The van der Waals surface area contributed by atoms with Crippen LogP contribution in [0.4, 0.5) is 0 Å². The lowest BCUT2D eigenvalue weighted by Crippen LogP contribution is -2.33. The Morgan fingerprint density at radius 2 is 1.80 bits per heavy atom. The molecule has 1 aliphatic rings. The van der Waals surface area contributed by atoms with E-state index in [1.807, 2.05) is 0 Å². The van der Waals surface area contributed by atoms with Crippen LogP contribution in [0.25, 0.3) is 0 Å². The van der Waals surface area contributed by atoms with Gasteiger partial charge in [0.1, 0.15) is 23.1 Å². The number of hydrogen-bond donors (Lipinski definition) is 1. The molecular formula is C20H27NO8S. The third-order valence-electron chi connectivity index (χ3n) is 4.04. The first-order chi connectivity index (χ1) is 14.4. The highest BCUT2D eigenvalue weighted by molar-refractivity contribution is 8.14. The van der Waals surface area contributed by atoms with Gasteiger partial charge in [0, 0.05) is 31.4 Å². The summed E-state index contributed by atoms with van der Waals surface area (Å²) >= 11 is 1.31. The number of rotatable bonds is 13. The number of thioether (sulfide) groups is 1. The van der Waals surface area contributed by atoms with E-state index in [0.29, 0.717) is 61.8 Å². The minimum absolute atomic E-state index is 0.272. The number of ether oxygens (including phenoxy) is 5. The van der Waals surface area contributed by atoms with Gasteiger partial charge in [0.25, 0.3) is 0 Å². The van der Waals surface area contributed by atoms with E-state index in [-0.39, 0.29) is 5.75 Å². The van der Waals surface area contributed by atoms with Crippen molar-refractivity contribution in [2.24, 2.45) is 4.99 Å². The van der Waals surface area contributed by atoms with Crippen LogP contribution in [0.2, 0.25) is 0 Å². The molecule has 0 bridgehead atoms. The van der Waals surface area contributed by atoms with Gasteiger partial charge < -0.3 is 28.8 Å². The number of carbonyl (C=O) groups excluding carboxylic acids is 1. The predicted octanol–water partition coefficient (Wildman–Crippen LogP) is 2.01. The SMILES string of the molecule is COCCOCCOCCOc1ccc(C2=N[C@@](C)(C(=O)O)CS2)c(OC(C)=O)c1. The van der Waals surface area contributed by atoms with Gasteiger partial charge >= 0.3 is 11.9 Å². The molecule has 0 radical (unpaired) electrons. The highest BCUT2D eigenvalue weighted by Gasteiger charge is 2.39. The second-order valence-corrected chi connectivity index (χ2v) is 7.57. The van der Waals surface area contributed by atoms with Crippen molar-refractivity contribution < 1.29 is 38.4 Å². The quantitative estimate of drug-likeness (QED) is 0.279. The van der Waals surface area contributed by atoms with Crippen molar-refractivity contribution in [2.45, 2.75) is 19.4 Å². The van der Waals surface area contributed by atoms with Crippen LogP contribution < -0.4 is 9.47 Å². The van der Waals surface area contributed by atoms with Gasteiger partial charge in [-0.2, -0.15) is 0 Å². The van der Waals surface area contributed by atoms with Crippen molar-refractivity contribution in [1.82, 2.24) is 0 Å². The normalized spacial score (nSPS) is 18.2. The van der Waals surface area contributed by atoms with Crippen molar-refractivity contribution in [1.29, 1.82) is 0 Å². The summed E-state index contributed by atoms with van der Waals surface area (Å²) in [5.41, 5.74) is -0.648. The molecule has 1 N–H and O–H groups in total. The lowest BCUT2D eigenvalue weighted by Gasteiger charge is -2.13. The van der Waals surface area contributed by atoms with Gasteiger partial charge in [-0.25, -0.2) is 4.79 Å². The minimum Gasteiger partial charge on any atom is -0.491 e. The van der Waals surface area contributed by atoms with E-state index >= 15 is 0 Å². The Hall–Kier alpha value is -2.14. The van der Waals surface area contributed by atoms with E-state index in [0.717, 1.165) is 0 Å². The molecule has 1 aromatic carbocycles. The number of carboxylic acids is 1. The first kappa shape index (κ1) is 24.1. The summed E-state index contributed by atoms with van der Waals surface area (Å²) in [4.78, 5) is 27.3. The van der Waals surface area contributed by atoms with Gasteiger partial charge in [0.15, 0.2) is 5.54 Å². The molecule has 0 saturated carbocycles. The molecule has 0 fully saturated rings. The monoisotopic (exact) mass is 441 g/mol. The molecule has 0 aliphatic carbocycles. The summed E-state index contributed by atoms with van der Waals surface area (Å²) in [5.74, 6) is -0.409. The van der Waals surface area contributed by atoms with Crippen LogP contribution in [-0.2, 0) is 23.8 Å². The number of carboxylic acid groups (broad SMARTS) is 1. The average Bonchev–Trinajstić information content (AvgIpc) is 3.10. The third kappa shape index (κ3) is 7.28. The maximum absolute atomic E-state index is 11.5. The molecule has 0 saturated heterocycles. The zero-order chi connectivity index (χ0) is 22.0. The first-order valence-electron chi connectivity index (χ1n) is 9.42. The van der Waals surface area contributed by atoms with Crippen molar-refractivity contribution in [3.05, 3.63) is 23.8 Å². The van der Waals surface area contributed by atoms with Crippen LogP contribution in [0.3, 0.4) is 0 Å². The molecule has 1 heterocycles. The molecule has 2 rings (SSSR count). The van der Waals surface area contributed by atoms with E-state index in [4.69, 9.17) is 23.7 Å². The molecule has 0 spiro atoms. The molecule has 0 unspecified atom stereocenters. The lowest BCUT2D eigenvalue weighted by atomic mass is 10.1. The molecule has 0 aromatic heterocycles. The molecular weight excluding hydrogens is 414 g/mol. The number of hydrogen-bond acceptors (Lipinski definition) is 9. The van der Waals surface area contributed by atoms with Gasteiger partial charge in [-0.15, -0.1) is 11.8 Å². The van der Waals surface area contributed by atoms with Crippen LogP contribution in [-0.4, -0.2) is 80.1 Å². The number of aliphatic imine (C=N–C) groups is 1. The highest BCUT2D eigenvalue weighted by atomic mass is 32.2. The molecule has 166 valence electrons. The first-order valence-corrected chi connectivity index (χ1v) is 10.4. The molecule has 1 aromatic rings. The number of benzene rings is 1. The molecule has 0 amide bonds. The second-order valence-electron chi connectivity index (χ2n) is 6.60. The van der Waals surface area contributed by atoms with E-state index in [1.165, 1.54) is 18.7 Å². The van der Waals surface area contributed by atoms with Crippen LogP contribution in [0, 0.1) is 0 Å². The number of carbonyl (C=O) groups is 2. The van der Waals surface area contributed by atoms with Crippen LogP contribution in [0.5, 0.6) is 11.5 Å². The topological polar surface area (TPSA) is 113 Å². The van der Waals surface area contributed by atoms with Crippen molar-refractivity contribution in [3.63, 3.8) is 0 Å². The van der Waals surface area contributed by atoms with E-state index < -0.39 is 17.5 Å². The lowest BCUT2D eigenvalue weighted by molar-refractivity contribution is -0.141. The summed E-state index contributed by atoms with van der Waals surface area (Å²) in [6.07, 6.45) is 0. The van der Waals surface area contributed by atoms with Crippen LogP contribution in [0.15, 0.2) is 23.2 Å². The maximum Gasteiger partial charge on any atom is 0.332 e. The van der Waals surface area contributed by atoms with Crippen molar-refractivity contribution >= 4 is 28.7 Å².